The summed E-state index contributed by atoms with van der Waals surface area (Å²) in [5.74, 6) is 1.73. The Balaban J connectivity index is 1.55. The van der Waals surface area contributed by atoms with Crippen LogP contribution in [0, 0.1) is 0 Å². The van der Waals surface area contributed by atoms with Crippen LogP contribution in [-0.2, 0) is 4.79 Å². The molecule has 7 heteroatoms. The van der Waals surface area contributed by atoms with Gasteiger partial charge in [-0.1, -0.05) is 0 Å². The van der Waals surface area contributed by atoms with Gasteiger partial charge in [0.1, 0.15) is 0 Å². The number of thioether (sulfide) groups is 1. The monoisotopic (exact) mass is 342 g/mol. The Hall–Kier alpha value is -2.67. The highest BCUT2D eigenvalue weighted by molar-refractivity contribution is 7.99. The Morgan fingerprint density at radius 3 is 2.92 bits per heavy atom. The zero-order valence-electron chi connectivity index (χ0n) is 12.6. The molecule has 6 nitrogen and oxygen atoms in total. The van der Waals surface area contributed by atoms with E-state index < -0.39 is 0 Å². The topological polar surface area (TPSA) is 76.7 Å². The predicted octanol–water partition coefficient (Wildman–Crippen LogP) is 3.10. The number of hydrogen-bond acceptors (Lipinski definition) is 5. The van der Waals surface area contributed by atoms with Crippen LogP contribution < -0.4 is 20.1 Å². The second-order valence-corrected chi connectivity index (χ2v) is 6.52. The number of amides is 2. The van der Waals surface area contributed by atoms with Gasteiger partial charge in [0.05, 0.1) is 5.69 Å². The summed E-state index contributed by atoms with van der Waals surface area (Å²) in [6.45, 7) is 0.189. The molecular weight excluding hydrogens is 328 g/mol. The van der Waals surface area contributed by atoms with Crippen molar-refractivity contribution >= 4 is 35.0 Å². The van der Waals surface area contributed by atoms with Gasteiger partial charge in [0.2, 0.25) is 12.7 Å². The van der Waals surface area contributed by atoms with Crippen molar-refractivity contribution in [3.63, 3.8) is 0 Å². The molecule has 0 unspecified atom stereocenters. The number of carbonyl (C=O) groups is 2. The molecule has 0 spiro atoms. The van der Waals surface area contributed by atoms with E-state index in [1.54, 1.807) is 42.1 Å². The molecule has 2 N–H and O–H groups in total. The largest absolute Gasteiger partial charge is 0.454 e. The van der Waals surface area contributed by atoms with Crippen molar-refractivity contribution in [3.05, 3.63) is 42.0 Å². The van der Waals surface area contributed by atoms with Crippen molar-refractivity contribution in [2.75, 3.05) is 23.2 Å². The molecule has 2 aromatic carbocycles. The Kier molecular flexibility index (Phi) is 3.78. The van der Waals surface area contributed by atoms with Gasteiger partial charge in [0.25, 0.3) is 5.91 Å². The molecular formula is C17H14N2O4S. The van der Waals surface area contributed by atoms with E-state index in [9.17, 15) is 9.59 Å². The third kappa shape index (κ3) is 2.90. The highest BCUT2D eigenvalue weighted by atomic mass is 32.2. The summed E-state index contributed by atoms with van der Waals surface area (Å²) >= 11 is 1.61. The smallest absolute Gasteiger partial charge is 0.255 e. The minimum atomic E-state index is -0.250. The summed E-state index contributed by atoms with van der Waals surface area (Å²) < 4.78 is 10.6. The highest BCUT2D eigenvalue weighted by Crippen LogP contribution is 2.35. The average molecular weight is 342 g/mol. The van der Waals surface area contributed by atoms with Crippen LogP contribution in [0.4, 0.5) is 11.4 Å². The fourth-order valence-corrected chi connectivity index (χ4v) is 3.48. The van der Waals surface area contributed by atoms with Crippen LogP contribution >= 0.6 is 11.8 Å². The van der Waals surface area contributed by atoms with Gasteiger partial charge in [0, 0.05) is 34.4 Å². The number of rotatable bonds is 2. The number of fused-ring (bicyclic) bond motifs is 2. The van der Waals surface area contributed by atoms with Gasteiger partial charge >= 0.3 is 0 Å². The lowest BCUT2D eigenvalue weighted by molar-refractivity contribution is -0.115. The summed E-state index contributed by atoms with van der Waals surface area (Å²) in [6.07, 6.45) is 0.470. The minimum absolute atomic E-state index is 0.0328. The van der Waals surface area contributed by atoms with Gasteiger partial charge in [0.15, 0.2) is 11.5 Å². The number of benzene rings is 2. The van der Waals surface area contributed by atoms with Crippen LogP contribution in [0.3, 0.4) is 0 Å². The van der Waals surface area contributed by atoms with E-state index in [0.717, 1.165) is 10.6 Å². The number of anilines is 2. The van der Waals surface area contributed by atoms with Gasteiger partial charge in [-0.05, 0) is 30.3 Å². The molecule has 24 heavy (non-hydrogen) atoms. The normalized spacial score (nSPS) is 15.2. The van der Waals surface area contributed by atoms with Gasteiger partial charge in [-0.15, -0.1) is 11.8 Å². The third-order valence-electron chi connectivity index (χ3n) is 3.73. The zero-order chi connectivity index (χ0) is 16.5. The minimum Gasteiger partial charge on any atom is -0.454 e. The number of hydrogen-bond donors (Lipinski definition) is 2. The summed E-state index contributed by atoms with van der Waals surface area (Å²) in [5.41, 5.74) is 1.78. The molecule has 2 aromatic rings. The first-order valence-corrected chi connectivity index (χ1v) is 8.45. The van der Waals surface area contributed by atoms with E-state index in [2.05, 4.69) is 10.6 Å². The van der Waals surface area contributed by atoms with E-state index in [4.69, 9.17) is 9.47 Å². The maximum Gasteiger partial charge on any atom is 0.255 e. The first kappa shape index (κ1) is 14.9. The molecule has 0 aromatic heterocycles. The molecule has 0 bridgehead atoms. The summed E-state index contributed by atoms with van der Waals surface area (Å²) in [6, 6.07) is 10.6. The van der Waals surface area contributed by atoms with Gasteiger partial charge in [-0.2, -0.15) is 0 Å². The molecule has 0 saturated heterocycles. The van der Waals surface area contributed by atoms with E-state index in [1.807, 2.05) is 6.07 Å². The third-order valence-corrected chi connectivity index (χ3v) is 4.81. The molecule has 0 aliphatic carbocycles. The molecule has 2 heterocycles. The fourth-order valence-electron chi connectivity index (χ4n) is 2.54. The molecule has 2 amide bonds. The molecule has 122 valence electrons. The molecule has 0 atom stereocenters. The van der Waals surface area contributed by atoms with Gasteiger partial charge < -0.3 is 20.1 Å². The first-order valence-electron chi connectivity index (χ1n) is 7.47. The van der Waals surface area contributed by atoms with Crippen LogP contribution in [0.25, 0.3) is 0 Å². The zero-order valence-corrected chi connectivity index (χ0v) is 13.4. The van der Waals surface area contributed by atoms with Gasteiger partial charge in [-0.3, -0.25) is 9.59 Å². The molecule has 4 rings (SSSR count). The maximum atomic E-state index is 12.5. The predicted molar refractivity (Wildman–Crippen MR) is 90.9 cm³/mol. The molecule has 0 saturated carbocycles. The average Bonchev–Trinajstić information content (AvgIpc) is 2.95. The molecule has 2 aliphatic rings. The quantitative estimate of drug-likeness (QED) is 0.877. The van der Waals surface area contributed by atoms with E-state index in [0.29, 0.717) is 34.9 Å². The van der Waals surface area contributed by atoms with Crippen molar-refractivity contribution in [3.8, 4) is 11.5 Å². The Morgan fingerprint density at radius 1 is 1.12 bits per heavy atom. The Labute approximate surface area is 142 Å². The van der Waals surface area contributed by atoms with Crippen LogP contribution in [0.15, 0.2) is 41.3 Å². The summed E-state index contributed by atoms with van der Waals surface area (Å²) in [7, 11) is 0. The van der Waals surface area contributed by atoms with E-state index in [-0.39, 0.29) is 18.6 Å². The highest BCUT2D eigenvalue weighted by Gasteiger charge is 2.17. The van der Waals surface area contributed by atoms with Crippen molar-refractivity contribution in [1.29, 1.82) is 0 Å². The van der Waals surface area contributed by atoms with Crippen LogP contribution in [0.5, 0.6) is 11.5 Å². The van der Waals surface area contributed by atoms with E-state index >= 15 is 0 Å². The van der Waals surface area contributed by atoms with Crippen molar-refractivity contribution in [2.24, 2.45) is 0 Å². The van der Waals surface area contributed by atoms with Crippen LogP contribution in [0.1, 0.15) is 16.8 Å². The van der Waals surface area contributed by atoms with E-state index in [1.165, 1.54) is 0 Å². The van der Waals surface area contributed by atoms with Crippen molar-refractivity contribution < 1.29 is 19.1 Å². The van der Waals surface area contributed by atoms with Crippen LogP contribution in [-0.4, -0.2) is 24.4 Å². The second-order valence-electron chi connectivity index (χ2n) is 5.38. The first-order chi connectivity index (χ1) is 11.7. The Bertz CT molecular complexity index is 837. The van der Waals surface area contributed by atoms with Crippen molar-refractivity contribution in [1.82, 2.24) is 0 Å². The lowest BCUT2D eigenvalue weighted by Crippen LogP contribution is -2.14. The second kappa shape index (κ2) is 6.09. The van der Waals surface area contributed by atoms with Crippen LogP contribution in [0.2, 0.25) is 0 Å². The lowest BCUT2D eigenvalue weighted by Gasteiger charge is -2.10. The fraction of sp³-hybridized carbons (Fsp3) is 0.176. The molecule has 2 aliphatic heterocycles. The number of nitrogens with one attached hydrogen (secondary N) is 2. The summed E-state index contributed by atoms with van der Waals surface area (Å²) in [5, 5.41) is 5.67. The number of carbonyl (C=O) groups excluding carboxylic acids is 2. The standard InChI is InChI=1S/C17H14N2O4S/c20-16-5-6-24-15-4-1-10(7-12(15)19-16)17(21)18-11-2-3-13-14(8-11)23-9-22-13/h1-4,7-8H,5-6,9H2,(H,18,21)(H,19,20). The molecule has 0 radical (unpaired) electrons. The molecule has 0 fully saturated rings. The van der Waals surface area contributed by atoms with Gasteiger partial charge in [-0.25, -0.2) is 0 Å². The summed E-state index contributed by atoms with van der Waals surface area (Å²) in [4.78, 5) is 25.1. The Morgan fingerprint density at radius 2 is 2.00 bits per heavy atom. The SMILES string of the molecule is O=C1CCSc2ccc(C(=O)Nc3ccc4c(c3)OCO4)cc2N1. The van der Waals surface area contributed by atoms with Crippen molar-refractivity contribution in [2.45, 2.75) is 11.3 Å². The maximum absolute atomic E-state index is 12.5. The lowest BCUT2D eigenvalue weighted by atomic mass is 10.1. The number of ether oxygens (including phenoxy) is 2.